The van der Waals surface area contributed by atoms with Gasteiger partial charge in [0.05, 0.1) is 21.7 Å². The molecular formula is C38H27NO4S. The Morgan fingerprint density at radius 3 is 1.66 bits per heavy atom. The zero-order valence-electron chi connectivity index (χ0n) is 24.1. The summed E-state index contributed by atoms with van der Waals surface area (Å²) in [4.78, 5) is 26.4. The molecule has 0 unspecified atom stereocenters. The van der Waals surface area contributed by atoms with Crippen LogP contribution in [-0.2, 0) is 0 Å². The van der Waals surface area contributed by atoms with Crippen molar-refractivity contribution in [1.29, 1.82) is 0 Å². The lowest BCUT2D eigenvalue weighted by atomic mass is 9.98. The average molecular weight is 594 g/mol. The largest absolute Gasteiger partial charge is 0.460 e. The monoisotopic (exact) mass is 593 g/mol. The topological polar surface area (TPSA) is 86.4 Å². The molecule has 3 heterocycles. The van der Waals surface area contributed by atoms with Crippen LogP contribution >= 0.6 is 11.3 Å². The number of para-hydroxylation sites is 1. The predicted octanol–water partition coefficient (Wildman–Crippen LogP) is 9.28. The molecule has 2 N–H and O–H groups in total. The second-order valence-corrected chi connectivity index (χ2v) is 11.6. The summed E-state index contributed by atoms with van der Waals surface area (Å²) >= 11 is 1.75. The van der Waals surface area contributed by atoms with E-state index in [1.807, 2.05) is 54.6 Å². The first kappa shape index (κ1) is 27.5. The molecular weight excluding hydrogens is 566 g/mol. The van der Waals surface area contributed by atoms with E-state index in [0.717, 1.165) is 33.0 Å². The number of benzene rings is 5. The molecule has 0 saturated heterocycles. The smallest absolute Gasteiger partial charge is 0.200 e. The lowest BCUT2D eigenvalue weighted by Gasteiger charge is -2.07. The maximum atomic E-state index is 13.3. The number of fused-ring (bicyclic) bond motifs is 6. The van der Waals surface area contributed by atoms with Crippen LogP contribution in [0.2, 0.25) is 0 Å². The summed E-state index contributed by atoms with van der Waals surface area (Å²) in [5.74, 6) is 0.567. The molecule has 0 bridgehead atoms. The quantitative estimate of drug-likeness (QED) is 0.206. The maximum Gasteiger partial charge on any atom is 0.200 e. The molecule has 0 radical (unpaired) electrons. The molecule has 6 heteroatoms. The molecule has 0 amide bonds. The first-order valence-electron chi connectivity index (χ1n) is 14.2. The molecule has 0 saturated carbocycles. The normalized spacial score (nSPS) is 11.3. The van der Waals surface area contributed by atoms with E-state index in [1.54, 1.807) is 30.4 Å². The van der Waals surface area contributed by atoms with E-state index in [0.29, 0.717) is 44.2 Å². The highest BCUT2D eigenvalue weighted by atomic mass is 32.1. The van der Waals surface area contributed by atoms with E-state index in [1.165, 1.54) is 16.4 Å². The summed E-state index contributed by atoms with van der Waals surface area (Å²) in [6.07, 6.45) is 1.55. The fourth-order valence-electron chi connectivity index (χ4n) is 5.86. The molecule has 3 aromatic heterocycles. The van der Waals surface area contributed by atoms with Gasteiger partial charge in [-0.3, -0.25) is 9.59 Å². The van der Waals surface area contributed by atoms with Gasteiger partial charge in [0, 0.05) is 20.2 Å². The summed E-state index contributed by atoms with van der Waals surface area (Å²) < 4.78 is 14.3. The highest BCUT2D eigenvalue weighted by Gasteiger charge is 2.14. The van der Waals surface area contributed by atoms with Crippen LogP contribution in [0.3, 0.4) is 0 Å². The van der Waals surface area contributed by atoms with Crippen molar-refractivity contribution in [3.63, 3.8) is 0 Å². The highest BCUT2D eigenvalue weighted by Crippen LogP contribution is 2.39. The van der Waals surface area contributed by atoms with Crippen molar-refractivity contribution in [3.8, 4) is 22.3 Å². The van der Waals surface area contributed by atoms with Gasteiger partial charge in [0.1, 0.15) is 22.5 Å². The number of rotatable bonds is 3. The molecule has 0 aliphatic heterocycles. The van der Waals surface area contributed by atoms with Crippen LogP contribution in [0.15, 0.2) is 122 Å². The van der Waals surface area contributed by atoms with Gasteiger partial charge in [-0.15, -0.1) is 11.3 Å². The lowest BCUT2D eigenvalue weighted by Crippen LogP contribution is -2.07. The van der Waals surface area contributed by atoms with Gasteiger partial charge >= 0.3 is 0 Å². The molecule has 8 aromatic rings. The zero-order chi connectivity index (χ0) is 30.5. The Labute approximate surface area is 256 Å². The van der Waals surface area contributed by atoms with Crippen molar-refractivity contribution in [2.24, 2.45) is 5.73 Å². The summed E-state index contributed by atoms with van der Waals surface area (Å²) in [6.45, 7) is 5.56. The van der Waals surface area contributed by atoms with Crippen LogP contribution in [0.25, 0.3) is 81.4 Å². The Morgan fingerprint density at radius 1 is 0.591 bits per heavy atom. The summed E-state index contributed by atoms with van der Waals surface area (Å²) in [6, 6.07) is 31.7. The van der Waals surface area contributed by atoms with Gasteiger partial charge in [-0.05, 0) is 96.9 Å². The minimum Gasteiger partial charge on any atom is -0.460 e. The highest BCUT2D eigenvalue weighted by molar-refractivity contribution is 7.25. The Balaban J connectivity index is 0.00000153. The summed E-state index contributed by atoms with van der Waals surface area (Å²) in [5, 5.41) is 3.98. The summed E-state index contributed by atoms with van der Waals surface area (Å²) in [5.41, 5.74) is 10.6. The van der Waals surface area contributed by atoms with Gasteiger partial charge in [-0.25, -0.2) is 0 Å². The van der Waals surface area contributed by atoms with E-state index in [4.69, 9.17) is 8.83 Å². The van der Waals surface area contributed by atoms with Gasteiger partial charge in [0.2, 0.25) is 5.43 Å². The second kappa shape index (κ2) is 10.8. The zero-order valence-corrected chi connectivity index (χ0v) is 25.0. The van der Waals surface area contributed by atoms with E-state index >= 15 is 0 Å². The predicted molar refractivity (Wildman–Crippen MR) is 185 cm³/mol. The number of hydrogen-bond donors (Lipinski definition) is 1. The molecule has 0 spiro atoms. The third-order valence-electron chi connectivity index (χ3n) is 8.03. The van der Waals surface area contributed by atoms with Crippen LogP contribution in [0.5, 0.6) is 0 Å². The number of aryl methyl sites for hydroxylation is 1. The van der Waals surface area contributed by atoms with Gasteiger partial charge in [-0.2, -0.15) is 0 Å². The van der Waals surface area contributed by atoms with Crippen LogP contribution in [0.4, 0.5) is 0 Å². The van der Waals surface area contributed by atoms with Crippen molar-refractivity contribution in [2.45, 2.75) is 6.92 Å². The van der Waals surface area contributed by atoms with Crippen molar-refractivity contribution in [3.05, 3.63) is 135 Å². The minimum atomic E-state index is -0.0743. The Morgan fingerprint density at radius 2 is 1.07 bits per heavy atom. The molecule has 44 heavy (non-hydrogen) atoms. The maximum absolute atomic E-state index is 13.3. The molecule has 5 nitrogen and oxygen atoms in total. The van der Waals surface area contributed by atoms with Gasteiger partial charge in [-0.1, -0.05) is 49.1 Å². The average Bonchev–Trinajstić information content (AvgIpc) is 3.43. The van der Waals surface area contributed by atoms with E-state index in [9.17, 15) is 9.59 Å². The second-order valence-electron chi connectivity index (χ2n) is 10.5. The lowest BCUT2D eigenvalue weighted by molar-refractivity contribution is 0.563. The van der Waals surface area contributed by atoms with Crippen molar-refractivity contribution in [1.82, 2.24) is 0 Å². The Kier molecular flexibility index (Phi) is 6.73. The molecule has 0 atom stereocenters. The molecule has 8 rings (SSSR count). The fraction of sp³-hybridized carbons (Fsp3) is 0.0526. The molecule has 214 valence electrons. The van der Waals surface area contributed by atoms with Crippen LogP contribution < -0.4 is 16.6 Å². The van der Waals surface area contributed by atoms with Crippen molar-refractivity contribution < 1.29 is 8.83 Å². The SMILES string of the molecule is C=Cc1c(C)oc2ccc(-c3ccc4sc5ccc(-c6ccc7oc8ccccc8c(=O)c7c6)cc5c4c3)cc2c1=O.CN. The van der Waals surface area contributed by atoms with Crippen LogP contribution in [0.1, 0.15) is 11.3 Å². The van der Waals surface area contributed by atoms with Crippen LogP contribution in [0, 0.1) is 6.92 Å². The van der Waals surface area contributed by atoms with Gasteiger partial charge in [0.15, 0.2) is 5.43 Å². The fourth-order valence-corrected chi connectivity index (χ4v) is 6.92. The third kappa shape index (κ3) is 4.35. The number of thiophene rings is 1. The Hall–Kier alpha value is -5.30. The van der Waals surface area contributed by atoms with Gasteiger partial charge < -0.3 is 14.6 Å². The number of hydrogen-bond acceptors (Lipinski definition) is 6. The van der Waals surface area contributed by atoms with E-state index < -0.39 is 0 Å². The first-order chi connectivity index (χ1) is 21.5. The van der Waals surface area contributed by atoms with Crippen molar-refractivity contribution >= 4 is 70.5 Å². The minimum absolute atomic E-state index is 0.0276. The standard InChI is InChI=1S/C37H22O4S.CH5N/c1-3-25-20(2)40-32-12-8-21(18-29(32)36(25)38)23-10-14-34-27(16-23)28-17-24(11-15-35(28)42-34)22-9-13-33-30(19-22)37(39)26-6-4-5-7-31(26)41-33;1-2/h3-19H,1H2,2H3;2H2,1H3. The van der Waals surface area contributed by atoms with E-state index in [-0.39, 0.29) is 10.9 Å². The summed E-state index contributed by atoms with van der Waals surface area (Å²) in [7, 11) is 1.50. The number of nitrogens with two attached hydrogens (primary N) is 1. The van der Waals surface area contributed by atoms with Gasteiger partial charge in [0.25, 0.3) is 0 Å². The first-order valence-corrected chi connectivity index (χ1v) is 15.0. The third-order valence-corrected chi connectivity index (χ3v) is 9.18. The molecule has 0 fully saturated rings. The van der Waals surface area contributed by atoms with Crippen LogP contribution in [-0.4, -0.2) is 7.05 Å². The van der Waals surface area contributed by atoms with E-state index in [2.05, 4.69) is 48.7 Å². The molecule has 0 aliphatic carbocycles. The molecule has 5 aromatic carbocycles. The molecule has 0 aliphatic rings. The Bertz CT molecular complexity index is 2550. The van der Waals surface area contributed by atoms with Crippen molar-refractivity contribution in [2.75, 3.05) is 7.05 Å².